The Morgan fingerprint density at radius 3 is 1.01 bits per heavy atom. The van der Waals surface area contributed by atoms with E-state index in [4.69, 9.17) is 28.0 Å². The first-order valence-corrected chi connectivity index (χ1v) is 30.1. The fourth-order valence-electron chi connectivity index (χ4n) is 8.41. The number of esters is 4. The minimum atomic E-state index is -4.68. The summed E-state index contributed by atoms with van der Waals surface area (Å²) >= 11 is 0. The molecule has 0 aliphatic heterocycles. The Morgan fingerprint density at radius 1 is 0.391 bits per heavy atom. The summed E-state index contributed by atoms with van der Waals surface area (Å²) in [5, 5.41) is 0. The van der Waals surface area contributed by atoms with Gasteiger partial charge >= 0.3 is 23.9 Å². The third-order valence-corrected chi connectivity index (χ3v) is 13.6. The quantitative estimate of drug-likeness (QED) is 0.0263. The maximum absolute atomic E-state index is 12.8. The highest BCUT2D eigenvalue weighted by Crippen LogP contribution is 2.38. The van der Waals surface area contributed by atoms with E-state index in [1.807, 2.05) is 0 Å². The number of hydrogen-bond donors (Lipinski definition) is 1. The van der Waals surface area contributed by atoms with Gasteiger partial charge < -0.3 is 38.6 Å². The van der Waals surface area contributed by atoms with Crippen molar-refractivity contribution in [3.05, 3.63) is 0 Å². The van der Waals surface area contributed by atoms with Gasteiger partial charge in [0.1, 0.15) is 25.4 Å². The molecule has 0 aromatic carbocycles. The van der Waals surface area contributed by atoms with Gasteiger partial charge in [-0.3, -0.25) is 23.7 Å². The highest BCUT2D eigenvalue weighted by atomic mass is 31.2. The summed E-state index contributed by atoms with van der Waals surface area (Å²) in [4.78, 5) is 63.3. The predicted octanol–water partition coefficient (Wildman–Crippen LogP) is 13.7. The van der Waals surface area contributed by atoms with Gasteiger partial charge in [0.05, 0.1) is 13.2 Å². The molecule has 0 aromatic rings. The topological polar surface area (TPSA) is 191 Å². The molecule has 0 aromatic heterocycles. The van der Waals surface area contributed by atoms with Gasteiger partial charge in [0.15, 0.2) is 6.10 Å². The molecule has 0 radical (unpaired) electrons. The average Bonchev–Trinajstić information content (AvgIpc) is 3.32. The van der Waals surface area contributed by atoms with Gasteiger partial charge in [0.25, 0.3) is 7.82 Å². The molecular formula is C55H106NO12P. The molecule has 0 heterocycles. The van der Waals surface area contributed by atoms with E-state index in [1.165, 1.54) is 128 Å². The van der Waals surface area contributed by atoms with Crippen molar-refractivity contribution in [3.8, 4) is 0 Å². The number of quaternary nitrogens is 1. The molecule has 14 heteroatoms. The van der Waals surface area contributed by atoms with Gasteiger partial charge in [-0.1, -0.05) is 182 Å². The van der Waals surface area contributed by atoms with Gasteiger partial charge in [0.2, 0.25) is 0 Å². The Balaban J connectivity index is 4.76. The van der Waals surface area contributed by atoms with E-state index < -0.39 is 32.5 Å². The fraction of sp³-hybridized carbons (Fsp3) is 0.927. The molecule has 0 amide bonds. The summed E-state index contributed by atoms with van der Waals surface area (Å²) in [5.41, 5.74) is 3.56. The normalized spacial score (nSPS) is 12.9. The van der Waals surface area contributed by atoms with Crippen LogP contribution in [0, 0.1) is 0 Å². The standard InChI is InChI=1S/C55H106NO12P/c1-5-9-13-17-21-29-37-49(38-30-22-18-14-10-6-2)66-53(58)42-34-26-25-33-41-52(57)63-47-51(48-65-69(61,62)64-46-45-56)68-55(60)44-36-28-27-35-43-54(59)67-50(39-31-23-19-15-11-7-3)40-32-24-20-16-12-8-4/h49-51H,5-48,56H2,1-4H3,(H,61,62). The minimum Gasteiger partial charge on any atom is -0.756 e. The zero-order valence-electron chi connectivity index (χ0n) is 44.9. The second-order valence-electron chi connectivity index (χ2n) is 19.5. The van der Waals surface area contributed by atoms with Crippen LogP contribution in [0.25, 0.3) is 0 Å². The highest BCUT2D eigenvalue weighted by Gasteiger charge is 2.22. The Morgan fingerprint density at radius 2 is 0.681 bits per heavy atom. The molecular weight excluding hydrogens is 898 g/mol. The number of unbranched alkanes of at least 4 members (excludes halogenated alkanes) is 26. The van der Waals surface area contributed by atoms with Gasteiger partial charge in [-0.2, -0.15) is 0 Å². The second-order valence-corrected chi connectivity index (χ2v) is 20.9. The molecule has 2 atom stereocenters. The van der Waals surface area contributed by atoms with E-state index >= 15 is 0 Å². The lowest BCUT2D eigenvalue weighted by Crippen LogP contribution is -2.52. The smallest absolute Gasteiger partial charge is 0.306 e. The number of carbonyl (C=O) groups excluding carboxylic acids is 4. The Kier molecular flexibility index (Phi) is 48.1. The van der Waals surface area contributed by atoms with E-state index in [1.54, 1.807) is 0 Å². The van der Waals surface area contributed by atoms with Crippen LogP contribution in [0.3, 0.4) is 0 Å². The first kappa shape index (κ1) is 67.0. The molecule has 0 saturated carbocycles. The fourth-order valence-corrected chi connectivity index (χ4v) is 9.19. The van der Waals surface area contributed by atoms with E-state index in [0.29, 0.717) is 44.9 Å². The van der Waals surface area contributed by atoms with E-state index in [9.17, 15) is 28.6 Å². The van der Waals surface area contributed by atoms with E-state index in [-0.39, 0.29) is 56.7 Å². The molecule has 408 valence electrons. The van der Waals surface area contributed by atoms with Crippen molar-refractivity contribution in [2.45, 2.75) is 303 Å². The maximum atomic E-state index is 12.8. The molecule has 2 unspecified atom stereocenters. The molecule has 0 saturated heterocycles. The van der Waals surface area contributed by atoms with Crippen LogP contribution in [-0.4, -0.2) is 68.6 Å². The van der Waals surface area contributed by atoms with Crippen LogP contribution in [-0.2, 0) is 51.7 Å². The van der Waals surface area contributed by atoms with E-state index in [2.05, 4.69) is 33.4 Å². The molecule has 3 N–H and O–H groups in total. The lowest BCUT2D eigenvalue weighted by atomic mass is 10.0. The zero-order chi connectivity index (χ0) is 50.9. The van der Waals surface area contributed by atoms with Crippen LogP contribution >= 0.6 is 7.82 Å². The SMILES string of the molecule is CCCCCCCCC(CCCCCCCC)OC(=O)CCCCCCC(=O)OCC(COP(=O)([O-])OCC[NH3+])OC(=O)CCCCCCC(=O)OC(CCCCCCCC)CCCCCCCC. The third-order valence-electron chi connectivity index (χ3n) is 12.7. The first-order chi connectivity index (χ1) is 33.5. The van der Waals surface area contributed by atoms with Crippen molar-refractivity contribution >= 4 is 31.7 Å². The first-order valence-electron chi connectivity index (χ1n) is 28.6. The summed E-state index contributed by atoms with van der Waals surface area (Å²) < 4.78 is 44.8. The number of phosphoric ester groups is 1. The van der Waals surface area contributed by atoms with Crippen LogP contribution in [0.15, 0.2) is 0 Å². The minimum absolute atomic E-state index is 0.00858. The number of carbonyl (C=O) groups is 4. The van der Waals surface area contributed by atoms with Crippen molar-refractivity contribution in [2.75, 3.05) is 26.4 Å². The average molecular weight is 1000 g/mol. The number of ether oxygens (including phenoxy) is 4. The summed E-state index contributed by atoms with van der Waals surface area (Å²) in [5.74, 6) is -1.37. The lowest BCUT2D eigenvalue weighted by Gasteiger charge is -2.25. The summed E-state index contributed by atoms with van der Waals surface area (Å²) in [6.45, 7) is 8.02. The third kappa shape index (κ3) is 46.8. The van der Waals surface area contributed by atoms with Gasteiger partial charge in [-0.25, -0.2) is 0 Å². The monoisotopic (exact) mass is 1000 g/mol. The largest absolute Gasteiger partial charge is 0.756 e. The Labute approximate surface area is 421 Å². The molecule has 0 aliphatic carbocycles. The number of phosphoric acid groups is 1. The summed E-state index contributed by atoms with van der Waals surface area (Å²) in [7, 11) is -4.68. The van der Waals surface area contributed by atoms with Gasteiger partial charge in [-0.05, 0) is 77.0 Å². The zero-order valence-corrected chi connectivity index (χ0v) is 45.8. The molecule has 13 nitrogen and oxygen atoms in total. The van der Waals surface area contributed by atoms with E-state index in [0.717, 1.165) is 70.6 Å². The van der Waals surface area contributed by atoms with Crippen molar-refractivity contribution in [1.29, 1.82) is 0 Å². The molecule has 0 bridgehead atoms. The summed E-state index contributed by atoms with van der Waals surface area (Å²) in [6, 6.07) is 0. The summed E-state index contributed by atoms with van der Waals surface area (Å²) in [6.07, 6.45) is 37.9. The number of hydrogen-bond acceptors (Lipinski definition) is 12. The Bertz CT molecular complexity index is 1220. The molecule has 0 rings (SSSR count). The predicted molar refractivity (Wildman–Crippen MR) is 275 cm³/mol. The van der Waals surface area contributed by atoms with Crippen molar-refractivity contribution in [1.82, 2.24) is 0 Å². The van der Waals surface area contributed by atoms with Crippen molar-refractivity contribution in [3.63, 3.8) is 0 Å². The van der Waals surface area contributed by atoms with Crippen molar-refractivity contribution < 1.29 is 62.4 Å². The van der Waals surface area contributed by atoms with Crippen LogP contribution < -0.4 is 10.6 Å². The lowest BCUT2D eigenvalue weighted by molar-refractivity contribution is -0.373. The molecule has 0 fully saturated rings. The van der Waals surface area contributed by atoms with Gasteiger partial charge in [-0.15, -0.1) is 0 Å². The number of rotatable bonds is 53. The van der Waals surface area contributed by atoms with Crippen LogP contribution in [0.1, 0.15) is 285 Å². The highest BCUT2D eigenvalue weighted by molar-refractivity contribution is 7.45. The van der Waals surface area contributed by atoms with Crippen LogP contribution in [0.5, 0.6) is 0 Å². The van der Waals surface area contributed by atoms with Crippen LogP contribution in [0.2, 0.25) is 0 Å². The van der Waals surface area contributed by atoms with Gasteiger partial charge in [0, 0.05) is 25.7 Å². The van der Waals surface area contributed by atoms with Crippen LogP contribution in [0.4, 0.5) is 0 Å². The maximum Gasteiger partial charge on any atom is 0.306 e. The molecule has 0 spiro atoms. The molecule has 69 heavy (non-hydrogen) atoms. The second kappa shape index (κ2) is 49.5. The Hall–Kier alpha value is -2.05. The van der Waals surface area contributed by atoms with Crippen molar-refractivity contribution in [2.24, 2.45) is 0 Å². The molecule has 0 aliphatic rings.